The number of alkyl carbamates (subject to hydrolysis) is 1. The molecule has 0 aliphatic heterocycles. The van der Waals surface area contributed by atoms with Crippen LogP contribution in [0.3, 0.4) is 0 Å². The second-order valence-corrected chi connectivity index (χ2v) is 5.49. The molecule has 0 aromatic heterocycles. The maximum absolute atomic E-state index is 10.9. The van der Waals surface area contributed by atoms with Crippen LogP contribution in [0.25, 0.3) is 0 Å². The molecule has 0 saturated carbocycles. The summed E-state index contributed by atoms with van der Waals surface area (Å²) >= 11 is 0. The number of carbonyl (C=O) groups excluding carboxylic acids is 1. The Labute approximate surface area is 131 Å². The van der Waals surface area contributed by atoms with Crippen molar-refractivity contribution in [1.82, 2.24) is 5.32 Å². The van der Waals surface area contributed by atoms with Gasteiger partial charge >= 0.3 is 6.09 Å². The Morgan fingerprint density at radius 3 is 2.59 bits per heavy atom. The first kappa shape index (κ1) is 18.3. The van der Waals surface area contributed by atoms with E-state index >= 15 is 0 Å². The van der Waals surface area contributed by atoms with Gasteiger partial charge in [-0.3, -0.25) is 0 Å². The third kappa shape index (κ3) is 7.85. The van der Waals surface area contributed by atoms with Crippen LogP contribution in [0.1, 0.15) is 19.4 Å². The molecule has 1 amide bonds. The van der Waals surface area contributed by atoms with Crippen LogP contribution in [0.5, 0.6) is 5.75 Å². The lowest BCUT2D eigenvalue weighted by atomic mass is 10.1. The molecule has 0 unspecified atom stereocenters. The van der Waals surface area contributed by atoms with E-state index in [1.165, 1.54) is 7.11 Å². The van der Waals surface area contributed by atoms with Gasteiger partial charge in [0.05, 0.1) is 13.2 Å². The van der Waals surface area contributed by atoms with Crippen LogP contribution >= 0.6 is 0 Å². The lowest BCUT2D eigenvalue weighted by Gasteiger charge is -2.13. The average molecular weight is 311 g/mol. The highest BCUT2D eigenvalue weighted by molar-refractivity contribution is 5.66. The Balaban J connectivity index is 2.28. The molecular weight excluding hydrogens is 284 g/mol. The van der Waals surface area contributed by atoms with Gasteiger partial charge in [0.15, 0.2) is 0 Å². The minimum atomic E-state index is -0.480. The molecule has 6 nitrogen and oxygen atoms in total. The predicted octanol–water partition coefficient (Wildman–Crippen LogP) is 0.297. The van der Waals surface area contributed by atoms with Crippen molar-refractivity contribution in [2.75, 3.05) is 26.8 Å². The number of quaternary nitrogens is 1. The Bertz CT molecular complexity index is 434. The van der Waals surface area contributed by atoms with E-state index in [2.05, 4.69) is 29.2 Å². The molecule has 4 N–H and O–H groups in total. The molecule has 0 bridgehead atoms. The first-order chi connectivity index (χ1) is 10.5. The van der Waals surface area contributed by atoms with E-state index in [0.29, 0.717) is 19.1 Å². The standard InChI is InChI=1S/C16H26N2O4/c1-12(2)18-10-14(19)11-22-15-6-4-13(5-7-15)8-9-17-16(20)21-3/h4-7,12,14,18-19H,8-11H2,1-3H3,(H,17,20)/p+1/t14-/m0/s1. The number of nitrogens with two attached hydrogens (primary N) is 1. The van der Waals surface area contributed by atoms with E-state index in [9.17, 15) is 9.90 Å². The van der Waals surface area contributed by atoms with Gasteiger partial charge in [-0.15, -0.1) is 0 Å². The maximum atomic E-state index is 10.9. The molecule has 1 atom stereocenters. The summed E-state index contributed by atoms with van der Waals surface area (Å²) in [5, 5.41) is 14.5. The minimum absolute atomic E-state index is 0.284. The molecule has 0 aliphatic rings. The molecule has 0 fully saturated rings. The number of carbonyl (C=O) groups is 1. The van der Waals surface area contributed by atoms with Crippen molar-refractivity contribution >= 4 is 6.09 Å². The number of hydrogen-bond acceptors (Lipinski definition) is 4. The summed E-state index contributed by atoms with van der Waals surface area (Å²) in [5.74, 6) is 0.730. The Hall–Kier alpha value is -1.79. The summed E-state index contributed by atoms with van der Waals surface area (Å²) in [5.41, 5.74) is 1.09. The number of aliphatic hydroxyl groups is 1. The fraction of sp³-hybridized carbons (Fsp3) is 0.562. The third-order valence-electron chi connectivity index (χ3n) is 3.11. The number of benzene rings is 1. The van der Waals surface area contributed by atoms with E-state index in [0.717, 1.165) is 17.7 Å². The molecule has 6 heteroatoms. The summed E-state index contributed by atoms with van der Waals surface area (Å²) < 4.78 is 10.1. The van der Waals surface area contributed by atoms with E-state index in [1.807, 2.05) is 24.3 Å². The van der Waals surface area contributed by atoms with Gasteiger partial charge in [-0.25, -0.2) is 4.79 Å². The molecule has 0 spiro atoms. The number of methoxy groups -OCH3 is 1. The lowest BCUT2D eigenvalue weighted by Crippen LogP contribution is -2.90. The van der Waals surface area contributed by atoms with Gasteiger partial charge in [0.2, 0.25) is 0 Å². The summed E-state index contributed by atoms with van der Waals surface area (Å²) in [4.78, 5) is 10.9. The van der Waals surface area contributed by atoms with Crippen LogP contribution in [0.4, 0.5) is 4.79 Å². The van der Waals surface area contributed by atoms with Crippen LogP contribution in [-0.4, -0.2) is 50.2 Å². The van der Waals surface area contributed by atoms with Crippen molar-refractivity contribution in [2.45, 2.75) is 32.4 Å². The molecule has 1 aromatic carbocycles. The number of aliphatic hydroxyl groups excluding tert-OH is 1. The van der Waals surface area contributed by atoms with Crippen LogP contribution in [0.15, 0.2) is 24.3 Å². The third-order valence-corrected chi connectivity index (χ3v) is 3.11. The first-order valence-electron chi connectivity index (χ1n) is 7.56. The van der Waals surface area contributed by atoms with Crippen LogP contribution in [0, 0.1) is 0 Å². The summed E-state index contributed by atoms with van der Waals surface area (Å²) in [7, 11) is 1.34. The largest absolute Gasteiger partial charge is 0.491 e. The number of nitrogens with one attached hydrogen (secondary N) is 1. The number of rotatable bonds is 9. The molecule has 124 valence electrons. The fourth-order valence-corrected chi connectivity index (χ4v) is 1.82. The zero-order valence-electron chi connectivity index (χ0n) is 13.5. The zero-order chi connectivity index (χ0) is 16.4. The van der Waals surface area contributed by atoms with E-state index in [1.54, 1.807) is 0 Å². The number of ether oxygens (including phenoxy) is 2. The van der Waals surface area contributed by atoms with Crippen molar-refractivity contribution in [3.8, 4) is 5.75 Å². The summed E-state index contributed by atoms with van der Waals surface area (Å²) in [6.07, 6.45) is -0.181. The minimum Gasteiger partial charge on any atom is -0.491 e. The first-order valence-corrected chi connectivity index (χ1v) is 7.56. The van der Waals surface area contributed by atoms with Gasteiger partial charge in [-0.2, -0.15) is 0 Å². The highest BCUT2D eigenvalue weighted by Crippen LogP contribution is 2.12. The monoisotopic (exact) mass is 311 g/mol. The zero-order valence-corrected chi connectivity index (χ0v) is 13.5. The van der Waals surface area contributed by atoms with Gasteiger partial charge in [-0.05, 0) is 38.0 Å². The molecule has 1 aromatic rings. The smallest absolute Gasteiger partial charge is 0.406 e. The quantitative estimate of drug-likeness (QED) is 0.612. The SMILES string of the molecule is COC(=O)NCCc1ccc(OC[C@@H](O)C[NH2+]C(C)C)cc1. The van der Waals surface area contributed by atoms with Gasteiger partial charge in [0, 0.05) is 6.54 Å². The topological polar surface area (TPSA) is 84.4 Å². The van der Waals surface area contributed by atoms with Gasteiger partial charge < -0.3 is 25.2 Å². The van der Waals surface area contributed by atoms with E-state index in [4.69, 9.17) is 4.74 Å². The Morgan fingerprint density at radius 2 is 2.00 bits per heavy atom. The van der Waals surface area contributed by atoms with Crippen molar-refractivity contribution < 1.29 is 24.7 Å². The molecule has 0 radical (unpaired) electrons. The van der Waals surface area contributed by atoms with Crippen molar-refractivity contribution in [3.63, 3.8) is 0 Å². The Kier molecular flexibility index (Phi) is 8.32. The molecule has 22 heavy (non-hydrogen) atoms. The fourth-order valence-electron chi connectivity index (χ4n) is 1.82. The van der Waals surface area contributed by atoms with Crippen LogP contribution in [-0.2, 0) is 11.2 Å². The normalized spacial score (nSPS) is 12.0. The number of amides is 1. The van der Waals surface area contributed by atoms with E-state index < -0.39 is 12.2 Å². The van der Waals surface area contributed by atoms with Crippen LogP contribution < -0.4 is 15.4 Å². The second kappa shape index (κ2) is 10.0. The highest BCUT2D eigenvalue weighted by Gasteiger charge is 2.08. The number of hydrogen-bond donors (Lipinski definition) is 3. The van der Waals surface area contributed by atoms with Crippen molar-refractivity contribution in [3.05, 3.63) is 29.8 Å². The van der Waals surface area contributed by atoms with Crippen LogP contribution in [0.2, 0.25) is 0 Å². The van der Waals surface area contributed by atoms with Crippen molar-refractivity contribution in [2.24, 2.45) is 0 Å². The van der Waals surface area contributed by atoms with Crippen molar-refractivity contribution in [1.29, 1.82) is 0 Å². The molecule has 0 heterocycles. The Morgan fingerprint density at radius 1 is 1.32 bits per heavy atom. The maximum Gasteiger partial charge on any atom is 0.406 e. The lowest BCUT2D eigenvalue weighted by molar-refractivity contribution is -0.688. The van der Waals surface area contributed by atoms with Gasteiger partial charge in [0.1, 0.15) is 25.0 Å². The highest BCUT2D eigenvalue weighted by atomic mass is 16.5. The molecule has 1 rings (SSSR count). The predicted molar refractivity (Wildman–Crippen MR) is 84.0 cm³/mol. The van der Waals surface area contributed by atoms with Gasteiger partial charge in [0.25, 0.3) is 0 Å². The molecule has 0 saturated heterocycles. The van der Waals surface area contributed by atoms with E-state index in [-0.39, 0.29) is 6.61 Å². The second-order valence-electron chi connectivity index (χ2n) is 5.49. The molecule has 0 aliphatic carbocycles. The summed E-state index contributed by atoms with van der Waals surface area (Å²) in [6.45, 7) is 5.61. The molecular formula is C16H27N2O4+. The average Bonchev–Trinajstić information content (AvgIpc) is 2.51. The summed E-state index contributed by atoms with van der Waals surface area (Å²) in [6, 6.07) is 8.09. The van der Waals surface area contributed by atoms with Gasteiger partial charge in [-0.1, -0.05) is 12.1 Å².